The van der Waals surface area contributed by atoms with Gasteiger partial charge in [-0.2, -0.15) is 0 Å². The van der Waals surface area contributed by atoms with Crippen molar-refractivity contribution in [3.05, 3.63) is 27.7 Å². The van der Waals surface area contributed by atoms with Crippen LogP contribution in [0.15, 0.2) is 12.1 Å². The standard InChI is InChI=1S/C7H5ClN2O/c1-4-2-7(11)6(10-9)3-5(4)8/h2-3H,1H3. The van der Waals surface area contributed by atoms with Crippen molar-refractivity contribution in [3.8, 4) is 5.75 Å². The highest BCUT2D eigenvalue weighted by atomic mass is 35.5. The predicted octanol–water partition coefficient (Wildman–Crippen LogP) is 2.21. The number of halogens is 1. The first-order valence-corrected chi connectivity index (χ1v) is 3.35. The third-order valence-electron chi connectivity index (χ3n) is 1.35. The number of aryl methyl sites for hydroxylation is 1. The van der Waals surface area contributed by atoms with Crippen molar-refractivity contribution in [1.82, 2.24) is 0 Å². The highest BCUT2D eigenvalue weighted by Crippen LogP contribution is 2.29. The van der Waals surface area contributed by atoms with Crippen LogP contribution in [0.3, 0.4) is 0 Å². The molecule has 56 valence electrons. The van der Waals surface area contributed by atoms with Gasteiger partial charge < -0.3 is 5.11 Å². The maximum Gasteiger partial charge on any atom is 0.378 e. The minimum Gasteiger partial charge on any atom is -0.867 e. The zero-order chi connectivity index (χ0) is 8.43. The quantitative estimate of drug-likeness (QED) is 0.558. The summed E-state index contributed by atoms with van der Waals surface area (Å²) in [7, 11) is 0. The Morgan fingerprint density at radius 3 is 2.73 bits per heavy atom. The van der Waals surface area contributed by atoms with Gasteiger partial charge in [-0.15, -0.1) is 0 Å². The third kappa shape index (κ3) is 1.41. The fourth-order valence-corrected chi connectivity index (χ4v) is 0.881. The second kappa shape index (κ2) is 2.77. The van der Waals surface area contributed by atoms with Crippen LogP contribution in [0.25, 0.3) is 4.98 Å². The van der Waals surface area contributed by atoms with Crippen molar-refractivity contribution < 1.29 is 5.11 Å². The van der Waals surface area contributed by atoms with Gasteiger partial charge in [0.2, 0.25) is 5.39 Å². The monoisotopic (exact) mass is 168 g/mol. The van der Waals surface area contributed by atoms with Gasteiger partial charge in [0, 0.05) is 0 Å². The van der Waals surface area contributed by atoms with Gasteiger partial charge >= 0.3 is 5.69 Å². The van der Waals surface area contributed by atoms with Gasteiger partial charge in [-0.05, 0) is 18.2 Å². The summed E-state index contributed by atoms with van der Waals surface area (Å²) in [5.41, 5.74) is 0.657. The smallest absolute Gasteiger partial charge is 0.378 e. The van der Waals surface area contributed by atoms with Crippen LogP contribution in [0.1, 0.15) is 5.56 Å². The number of nitrogens with zero attached hydrogens (tertiary/aromatic N) is 2. The molecular weight excluding hydrogens is 164 g/mol. The molecule has 0 aromatic heterocycles. The summed E-state index contributed by atoms with van der Waals surface area (Å²) in [6.45, 7) is 1.71. The lowest BCUT2D eigenvalue weighted by molar-refractivity contribution is -0.266. The zero-order valence-corrected chi connectivity index (χ0v) is 6.59. The van der Waals surface area contributed by atoms with Crippen LogP contribution in [0.4, 0.5) is 5.69 Å². The van der Waals surface area contributed by atoms with E-state index >= 15 is 0 Å². The highest BCUT2D eigenvalue weighted by Gasteiger charge is 2.08. The van der Waals surface area contributed by atoms with Crippen LogP contribution in [-0.2, 0) is 0 Å². The normalized spacial score (nSPS) is 9.18. The fourth-order valence-electron chi connectivity index (χ4n) is 0.723. The molecule has 0 amide bonds. The zero-order valence-electron chi connectivity index (χ0n) is 5.84. The Balaban J connectivity index is 3.35. The molecule has 0 saturated heterocycles. The van der Waals surface area contributed by atoms with E-state index in [1.807, 2.05) is 0 Å². The molecule has 0 atom stereocenters. The lowest BCUT2D eigenvalue weighted by Crippen LogP contribution is -1.90. The van der Waals surface area contributed by atoms with Crippen LogP contribution in [-0.4, -0.2) is 0 Å². The SMILES string of the molecule is Cc1cc([O-])c([N+]#N)cc1Cl. The van der Waals surface area contributed by atoms with Gasteiger partial charge in [0.1, 0.15) is 0 Å². The second-order valence-electron chi connectivity index (χ2n) is 2.17. The molecule has 0 aliphatic heterocycles. The van der Waals surface area contributed by atoms with Gasteiger partial charge in [-0.1, -0.05) is 17.7 Å². The topological polar surface area (TPSA) is 51.2 Å². The molecule has 1 aromatic carbocycles. The first-order chi connectivity index (χ1) is 5.15. The molecule has 4 heteroatoms. The van der Waals surface area contributed by atoms with E-state index in [4.69, 9.17) is 17.0 Å². The number of diazo groups is 1. The Kier molecular flexibility index (Phi) is 1.97. The summed E-state index contributed by atoms with van der Waals surface area (Å²) >= 11 is 5.65. The molecule has 0 fully saturated rings. The lowest BCUT2D eigenvalue weighted by Gasteiger charge is -2.02. The van der Waals surface area contributed by atoms with Gasteiger partial charge in [0.15, 0.2) is 4.98 Å². The van der Waals surface area contributed by atoms with E-state index in [1.54, 1.807) is 6.92 Å². The molecule has 0 N–H and O–H groups in total. The van der Waals surface area contributed by atoms with Crippen molar-refractivity contribution in [3.63, 3.8) is 0 Å². The van der Waals surface area contributed by atoms with Crippen molar-refractivity contribution in [2.24, 2.45) is 0 Å². The Morgan fingerprint density at radius 2 is 2.18 bits per heavy atom. The molecule has 0 aliphatic carbocycles. The Labute approximate surface area is 68.9 Å². The van der Waals surface area contributed by atoms with Gasteiger partial charge in [-0.25, -0.2) is 0 Å². The van der Waals surface area contributed by atoms with Gasteiger partial charge in [0.05, 0.1) is 11.1 Å². The van der Waals surface area contributed by atoms with Crippen LogP contribution in [0.5, 0.6) is 5.75 Å². The summed E-state index contributed by atoms with van der Waals surface area (Å²) in [4.78, 5) is 2.78. The molecule has 0 radical (unpaired) electrons. The number of hydrogen-bond acceptors (Lipinski definition) is 2. The maximum atomic E-state index is 10.9. The van der Waals surface area contributed by atoms with E-state index in [-0.39, 0.29) is 11.4 Å². The van der Waals surface area contributed by atoms with Crippen LogP contribution < -0.4 is 5.11 Å². The molecule has 0 aliphatic rings. The van der Waals surface area contributed by atoms with Crippen LogP contribution in [0.2, 0.25) is 5.02 Å². The van der Waals surface area contributed by atoms with Gasteiger partial charge in [-0.3, -0.25) is 0 Å². The van der Waals surface area contributed by atoms with E-state index < -0.39 is 0 Å². The first kappa shape index (κ1) is 7.83. The van der Waals surface area contributed by atoms with Crippen molar-refractivity contribution in [2.45, 2.75) is 6.92 Å². The van der Waals surface area contributed by atoms with E-state index in [0.717, 1.165) is 0 Å². The Bertz CT molecular complexity index is 330. The average Bonchev–Trinajstić information content (AvgIpc) is 1.97. The van der Waals surface area contributed by atoms with Crippen LogP contribution >= 0.6 is 11.6 Å². The maximum absolute atomic E-state index is 10.9. The minimum absolute atomic E-state index is 0.0272. The molecule has 0 spiro atoms. The third-order valence-corrected chi connectivity index (χ3v) is 1.76. The predicted molar refractivity (Wildman–Crippen MR) is 40.4 cm³/mol. The van der Waals surface area contributed by atoms with Crippen molar-refractivity contribution >= 4 is 17.3 Å². The second-order valence-corrected chi connectivity index (χ2v) is 2.58. The first-order valence-electron chi connectivity index (χ1n) is 2.97. The fraction of sp³-hybridized carbons (Fsp3) is 0.143. The Hall–Kier alpha value is -1.27. The average molecular weight is 169 g/mol. The molecule has 0 bridgehead atoms. The van der Waals surface area contributed by atoms with E-state index in [0.29, 0.717) is 10.6 Å². The highest BCUT2D eigenvalue weighted by molar-refractivity contribution is 6.31. The molecule has 11 heavy (non-hydrogen) atoms. The number of hydrogen-bond donors (Lipinski definition) is 0. The van der Waals surface area contributed by atoms with E-state index in [2.05, 4.69) is 4.98 Å². The number of benzene rings is 1. The van der Waals surface area contributed by atoms with Gasteiger partial charge in [0.25, 0.3) is 0 Å². The van der Waals surface area contributed by atoms with Crippen molar-refractivity contribution in [1.29, 1.82) is 5.39 Å². The summed E-state index contributed by atoms with van der Waals surface area (Å²) in [6, 6.07) is 2.66. The lowest BCUT2D eigenvalue weighted by atomic mass is 10.2. The number of rotatable bonds is 0. The summed E-state index contributed by atoms with van der Waals surface area (Å²) in [5, 5.41) is 19.6. The molecule has 0 heterocycles. The Morgan fingerprint density at radius 1 is 1.55 bits per heavy atom. The molecule has 3 nitrogen and oxygen atoms in total. The van der Waals surface area contributed by atoms with Crippen LogP contribution in [0, 0.1) is 12.3 Å². The molecule has 0 unspecified atom stereocenters. The minimum atomic E-state index is -0.325. The van der Waals surface area contributed by atoms with Crippen molar-refractivity contribution in [2.75, 3.05) is 0 Å². The summed E-state index contributed by atoms with van der Waals surface area (Å²) < 4.78 is 0. The van der Waals surface area contributed by atoms with E-state index in [9.17, 15) is 5.11 Å². The molecular formula is C7H5ClN2O. The largest absolute Gasteiger partial charge is 0.867 e. The summed E-state index contributed by atoms with van der Waals surface area (Å²) in [5.74, 6) is -0.325. The molecule has 1 aromatic rings. The molecule has 1 rings (SSSR count). The molecule has 0 saturated carbocycles. The van der Waals surface area contributed by atoms with E-state index in [1.165, 1.54) is 12.1 Å². The summed E-state index contributed by atoms with van der Waals surface area (Å²) in [6.07, 6.45) is 0.